The van der Waals surface area contributed by atoms with E-state index in [-0.39, 0.29) is 30.4 Å². The zero-order valence-electron chi connectivity index (χ0n) is 18.4. The van der Waals surface area contributed by atoms with Gasteiger partial charge >= 0.3 is 0 Å². The SMILES string of the molecule is CC(=O)NCC(=O)N1[C@@H]2CC[C@H]1c1ccc(Cc3ncc(C)c(CC4CCC4)n3)cc12. The van der Waals surface area contributed by atoms with Gasteiger partial charge in [-0.05, 0) is 54.4 Å². The van der Waals surface area contributed by atoms with Gasteiger partial charge in [-0.3, -0.25) is 9.59 Å². The van der Waals surface area contributed by atoms with Gasteiger partial charge in [0, 0.05) is 25.2 Å². The molecule has 162 valence electrons. The molecule has 2 atom stereocenters. The maximum Gasteiger partial charge on any atom is 0.242 e. The topological polar surface area (TPSA) is 75.2 Å². The van der Waals surface area contributed by atoms with Crippen LogP contribution in [0.15, 0.2) is 24.4 Å². The third-order valence-corrected chi connectivity index (χ3v) is 7.23. The summed E-state index contributed by atoms with van der Waals surface area (Å²) in [5, 5.41) is 2.65. The Balaban J connectivity index is 1.33. The van der Waals surface area contributed by atoms with E-state index in [2.05, 4.69) is 35.4 Å². The number of fused-ring (bicyclic) bond motifs is 5. The van der Waals surface area contributed by atoms with E-state index in [0.717, 1.165) is 31.0 Å². The van der Waals surface area contributed by atoms with Crippen LogP contribution in [0.4, 0.5) is 0 Å². The predicted molar refractivity (Wildman–Crippen MR) is 117 cm³/mol. The van der Waals surface area contributed by atoms with Gasteiger partial charge in [0.1, 0.15) is 5.82 Å². The molecule has 1 aromatic carbocycles. The number of carbonyl (C=O) groups is 2. The first-order valence-corrected chi connectivity index (χ1v) is 11.5. The van der Waals surface area contributed by atoms with Gasteiger partial charge in [0.2, 0.25) is 11.8 Å². The number of aromatic nitrogens is 2. The minimum atomic E-state index is -0.172. The third kappa shape index (κ3) is 3.84. The molecule has 2 amide bonds. The molecule has 3 heterocycles. The fourth-order valence-electron chi connectivity index (χ4n) is 5.35. The fraction of sp³-hybridized carbons (Fsp3) is 0.520. The standard InChI is InChI=1S/C25H30N4O2/c1-15-13-27-24(28-21(15)11-17-4-3-5-17)12-18-6-7-19-20(10-18)23-9-8-22(19)29(23)25(31)14-26-16(2)30/h6-7,10,13,17,22-23H,3-5,8-9,11-12,14H2,1-2H3,(H,26,30)/t22-,23+/m0/s1. The highest BCUT2D eigenvalue weighted by Crippen LogP contribution is 2.53. The first kappa shape index (κ1) is 20.2. The maximum atomic E-state index is 12.7. The first-order chi connectivity index (χ1) is 15.0. The van der Waals surface area contributed by atoms with E-state index in [1.807, 2.05) is 11.1 Å². The molecule has 1 aliphatic carbocycles. The summed E-state index contributed by atoms with van der Waals surface area (Å²) in [6.07, 6.45) is 9.72. The van der Waals surface area contributed by atoms with Crippen molar-refractivity contribution >= 4 is 11.8 Å². The average Bonchev–Trinajstić information content (AvgIpc) is 3.28. The van der Waals surface area contributed by atoms with E-state index >= 15 is 0 Å². The third-order valence-electron chi connectivity index (χ3n) is 7.23. The number of amides is 2. The van der Waals surface area contributed by atoms with Gasteiger partial charge in [-0.15, -0.1) is 0 Å². The lowest BCUT2D eigenvalue weighted by Gasteiger charge is -2.25. The number of nitrogens with zero attached hydrogens (tertiary/aromatic N) is 3. The molecule has 2 fully saturated rings. The van der Waals surface area contributed by atoms with E-state index in [1.54, 1.807) is 0 Å². The highest BCUT2D eigenvalue weighted by Gasteiger charge is 2.46. The highest BCUT2D eigenvalue weighted by atomic mass is 16.2. The van der Waals surface area contributed by atoms with Crippen LogP contribution in [0.25, 0.3) is 0 Å². The molecule has 6 heteroatoms. The summed E-state index contributed by atoms with van der Waals surface area (Å²) >= 11 is 0. The molecule has 2 aromatic rings. The summed E-state index contributed by atoms with van der Waals surface area (Å²) < 4.78 is 0. The normalized spacial score (nSPS) is 21.7. The lowest BCUT2D eigenvalue weighted by atomic mass is 9.81. The van der Waals surface area contributed by atoms with Crippen molar-refractivity contribution in [2.75, 3.05) is 6.54 Å². The van der Waals surface area contributed by atoms with E-state index in [9.17, 15) is 9.59 Å². The van der Waals surface area contributed by atoms with Crippen LogP contribution in [0.5, 0.6) is 0 Å². The summed E-state index contributed by atoms with van der Waals surface area (Å²) in [6, 6.07) is 6.84. The van der Waals surface area contributed by atoms with Gasteiger partial charge in [-0.25, -0.2) is 9.97 Å². The second-order valence-electron chi connectivity index (χ2n) is 9.38. The number of benzene rings is 1. The highest BCUT2D eigenvalue weighted by molar-refractivity contribution is 5.85. The Morgan fingerprint density at radius 2 is 1.90 bits per heavy atom. The molecule has 0 unspecified atom stereocenters. The molecule has 0 spiro atoms. The van der Waals surface area contributed by atoms with E-state index < -0.39 is 0 Å². The van der Waals surface area contributed by atoms with Crippen LogP contribution < -0.4 is 5.32 Å². The Bertz CT molecular complexity index is 1030. The smallest absolute Gasteiger partial charge is 0.242 e. The molecule has 31 heavy (non-hydrogen) atoms. The molecule has 2 aliphatic heterocycles. The Kier molecular flexibility index (Phi) is 5.24. The van der Waals surface area contributed by atoms with Crippen molar-refractivity contribution in [2.24, 2.45) is 5.92 Å². The van der Waals surface area contributed by atoms with Crippen LogP contribution in [0, 0.1) is 12.8 Å². The van der Waals surface area contributed by atoms with Crippen molar-refractivity contribution in [1.82, 2.24) is 20.2 Å². The number of rotatable bonds is 6. The second kappa shape index (κ2) is 8.06. The molecule has 2 bridgehead atoms. The minimum absolute atomic E-state index is 0.00274. The first-order valence-electron chi connectivity index (χ1n) is 11.5. The Morgan fingerprint density at radius 1 is 1.13 bits per heavy atom. The minimum Gasteiger partial charge on any atom is -0.347 e. The predicted octanol–water partition coefficient (Wildman–Crippen LogP) is 3.57. The lowest BCUT2D eigenvalue weighted by Crippen LogP contribution is -2.37. The number of hydrogen-bond acceptors (Lipinski definition) is 4. The summed E-state index contributed by atoms with van der Waals surface area (Å²) in [5.74, 6) is 1.50. The summed E-state index contributed by atoms with van der Waals surface area (Å²) in [6.45, 7) is 3.62. The van der Waals surface area contributed by atoms with Crippen molar-refractivity contribution in [3.8, 4) is 0 Å². The van der Waals surface area contributed by atoms with E-state index in [0.29, 0.717) is 6.42 Å². The van der Waals surface area contributed by atoms with Crippen LogP contribution >= 0.6 is 0 Å². The molecule has 3 aliphatic rings. The second-order valence-corrected chi connectivity index (χ2v) is 9.38. The van der Waals surface area contributed by atoms with Crippen LogP contribution in [-0.2, 0) is 22.4 Å². The Labute approximate surface area is 183 Å². The zero-order valence-corrected chi connectivity index (χ0v) is 18.4. The van der Waals surface area contributed by atoms with Crippen LogP contribution in [0.3, 0.4) is 0 Å². The van der Waals surface area contributed by atoms with E-state index in [4.69, 9.17) is 4.98 Å². The van der Waals surface area contributed by atoms with E-state index in [1.165, 1.54) is 54.1 Å². The van der Waals surface area contributed by atoms with Crippen LogP contribution in [0.2, 0.25) is 0 Å². The Hall–Kier alpha value is -2.76. The number of carbonyl (C=O) groups excluding carboxylic acids is 2. The van der Waals surface area contributed by atoms with Crippen molar-refractivity contribution < 1.29 is 9.59 Å². The quantitative estimate of drug-likeness (QED) is 0.778. The van der Waals surface area contributed by atoms with Gasteiger partial charge in [0.05, 0.1) is 18.6 Å². The maximum absolute atomic E-state index is 12.7. The summed E-state index contributed by atoms with van der Waals surface area (Å²) in [5.41, 5.74) is 6.09. The van der Waals surface area contributed by atoms with Gasteiger partial charge < -0.3 is 10.2 Å². The monoisotopic (exact) mass is 418 g/mol. The molecular weight excluding hydrogens is 388 g/mol. The van der Waals surface area contributed by atoms with Crippen LogP contribution in [0.1, 0.15) is 84.9 Å². The largest absolute Gasteiger partial charge is 0.347 e. The van der Waals surface area contributed by atoms with Gasteiger partial charge in [0.15, 0.2) is 0 Å². The average molecular weight is 419 g/mol. The zero-order chi connectivity index (χ0) is 21.5. The summed E-state index contributed by atoms with van der Waals surface area (Å²) in [4.78, 5) is 35.4. The molecule has 6 nitrogen and oxygen atoms in total. The van der Waals surface area contributed by atoms with Gasteiger partial charge in [0.25, 0.3) is 0 Å². The lowest BCUT2D eigenvalue weighted by molar-refractivity contribution is -0.134. The van der Waals surface area contributed by atoms with Gasteiger partial charge in [-0.1, -0.05) is 37.5 Å². The molecule has 1 saturated carbocycles. The van der Waals surface area contributed by atoms with Gasteiger partial charge in [-0.2, -0.15) is 0 Å². The molecule has 1 aromatic heterocycles. The molecular formula is C25H30N4O2. The molecule has 1 N–H and O–H groups in total. The van der Waals surface area contributed by atoms with Crippen molar-refractivity contribution in [2.45, 2.75) is 70.9 Å². The molecule has 0 radical (unpaired) electrons. The fourth-order valence-corrected chi connectivity index (χ4v) is 5.35. The number of hydrogen-bond donors (Lipinski definition) is 1. The summed E-state index contributed by atoms with van der Waals surface area (Å²) in [7, 11) is 0. The van der Waals surface area contributed by atoms with Crippen LogP contribution in [-0.4, -0.2) is 33.2 Å². The molecule has 5 rings (SSSR count). The number of aryl methyl sites for hydroxylation is 1. The van der Waals surface area contributed by atoms with Crippen molar-refractivity contribution in [3.63, 3.8) is 0 Å². The number of nitrogens with one attached hydrogen (secondary N) is 1. The van der Waals surface area contributed by atoms with Crippen molar-refractivity contribution in [3.05, 3.63) is 58.2 Å². The van der Waals surface area contributed by atoms with Crippen molar-refractivity contribution in [1.29, 1.82) is 0 Å². The molecule has 1 saturated heterocycles. The Morgan fingerprint density at radius 3 is 2.61 bits per heavy atom.